The normalized spacial score (nSPS) is 10.7. The van der Waals surface area contributed by atoms with E-state index in [1.807, 2.05) is 59.0 Å². The average molecular weight is 271 g/mol. The number of hydrogen-bond acceptors (Lipinski definition) is 4. The van der Waals surface area contributed by atoms with Gasteiger partial charge in [0.25, 0.3) is 0 Å². The highest BCUT2D eigenvalue weighted by Crippen LogP contribution is 2.23. The van der Waals surface area contributed by atoms with Gasteiger partial charge in [0.15, 0.2) is 5.82 Å². The maximum Gasteiger partial charge on any atom is 0.161 e. The molecule has 0 atom stereocenters. The van der Waals surface area contributed by atoms with E-state index >= 15 is 0 Å². The van der Waals surface area contributed by atoms with Crippen LogP contribution in [0.15, 0.2) is 24.3 Å². The van der Waals surface area contributed by atoms with E-state index in [0.717, 1.165) is 34.2 Å². The van der Waals surface area contributed by atoms with E-state index < -0.39 is 0 Å². The van der Waals surface area contributed by atoms with Gasteiger partial charge in [0, 0.05) is 23.9 Å². The molecule has 1 heterocycles. The average Bonchev–Trinajstić information content (AvgIpc) is 2.42. The molecule has 1 aromatic carbocycles. The largest absolute Gasteiger partial charge is 0.491 e. The summed E-state index contributed by atoms with van der Waals surface area (Å²) in [7, 11) is 1.87. The Morgan fingerprint density at radius 1 is 1.05 bits per heavy atom. The van der Waals surface area contributed by atoms with Crippen molar-refractivity contribution in [2.75, 3.05) is 12.4 Å². The van der Waals surface area contributed by atoms with E-state index in [4.69, 9.17) is 4.74 Å². The van der Waals surface area contributed by atoms with Gasteiger partial charge in [-0.2, -0.15) is 0 Å². The number of benzene rings is 1. The van der Waals surface area contributed by atoms with Crippen LogP contribution in [-0.2, 0) is 0 Å². The number of aryl methyl sites for hydroxylation is 1. The standard InChI is InChI=1S/C16H21N3O/c1-10(2)20-14-8-6-13(7-9-14)16-18-12(4)11(3)15(17-5)19-16/h6-10H,1-5H3,(H,17,18,19). The van der Waals surface area contributed by atoms with Gasteiger partial charge >= 0.3 is 0 Å². The molecule has 0 amide bonds. The molecular formula is C16H21N3O. The van der Waals surface area contributed by atoms with Crippen LogP contribution in [0.5, 0.6) is 5.75 Å². The minimum atomic E-state index is 0.176. The fourth-order valence-corrected chi connectivity index (χ4v) is 1.96. The van der Waals surface area contributed by atoms with Crippen LogP contribution in [0, 0.1) is 13.8 Å². The predicted octanol–water partition coefficient (Wildman–Crippen LogP) is 3.59. The van der Waals surface area contributed by atoms with Gasteiger partial charge in [-0.15, -0.1) is 0 Å². The van der Waals surface area contributed by atoms with Crippen molar-refractivity contribution in [1.82, 2.24) is 9.97 Å². The van der Waals surface area contributed by atoms with Crippen molar-refractivity contribution in [3.8, 4) is 17.1 Å². The van der Waals surface area contributed by atoms with Gasteiger partial charge in [0.05, 0.1) is 6.10 Å². The number of anilines is 1. The summed E-state index contributed by atoms with van der Waals surface area (Å²) in [6, 6.07) is 7.88. The highest BCUT2D eigenvalue weighted by atomic mass is 16.5. The van der Waals surface area contributed by atoms with E-state index in [-0.39, 0.29) is 6.10 Å². The van der Waals surface area contributed by atoms with Crippen LogP contribution < -0.4 is 10.1 Å². The van der Waals surface area contributed by atoms with Crippen molar-refractivity contribution in [3.05, 3.63) is 35.5 Å². The molecule has 2 rings (SSSR count). The van der Waals surface area contributed by atoms with Crippen LogP contribution in [-0.4, -0.2) is 23.1 Å². The Labute approximate surface area is 120 Å². The summed E-state index contributed by atoms with van der Waals surface area (Å²) in [5.74, 6) is 2.46. The third-order valence-corrected chi connectivity index (χ3v) is 3.11. The molecule has 0 spiro atoms. The molecule has 4 heteroatoms. The van der Waals surface area contributed by atoms with Crippen molar-refractivity contribution in [3.63, 3.8) is 0 Å². The number of nitrogens with zero attached hydrogens (tertiary/aromatic N) is 2. The summed E-state index contributed by atoms with van der Waals surface area (Å²) in [6.07, 6.45) is 0.176. The fourth-order valence-electron chi connectivity index (χ4n) is 1.96. The monoisotopic (exact) mass is 271 g/mol. The topological polar surface area (TPSA) is 47.0 Å². The Balaban J connectivity index is 2.34. The van der Waals surface area contributed by atoms with Crippen molar-refractivity contribution in [2.45, 2.75) is 33.8 Å². The lowest BCUT2D eigenvalue weighted by molar-refractivity contribution is 0.242. The van der Waals surface area contributed by atoms with E-state index in [9.17, 15) is 0 Å². The van der Waals surface area contributed by atoms with Crippen LogP contribution in [0.25, 0.3) is 11.4 Å². The Kier molecular flexibility index (Phi) is 4.23. The molecule has 1 N–H and O–H groups in total. The molecule has 0 aliphatic rings. The molecule has 0 fully saturated rings. The molecule has 0 aliphatic heterocycles. The van der Waals surface area contributed by atoms with Gasteiger partial charge in [0.1, 0.15) is 11.6 Å². The van der Waals surface area contributed by atoms with Gasteiger partial charge < -0.3 is 10.1 Å². The SMILES string of the molecule is CNc1nc(-c2ccc(OC(C)C)cc2)nc(C)c1C. The van der Waals surface area contributed by atoms with Crippen molar-refractivity contribution < 1.29 is 4.74 Å². The number of aromatic nitrogens is 2. The van der Waals surface area contributed by atoms with Gasteiger partial charge in [-0.1, -0.05) is 0 Å². The summed E-state index contributed by atoms with van der Waals surface area (Å²) in [5.41, 5.74) is 3.05. The number of nitrogens with one attached hydrogen (secondary N) is 1. The molecule has 0 radical (unpaired) electrons. The number of rotatable bonds is 4. The van der Waals surface area contributed by atoms with Crippen LogP contribution in [0.1, 0.15) is 25.1 Å². The molecule has 0 unspecified atom stereocenters. The molecule has 4 nitrogen and oxygen atoms in total. The Hall–Kier alpha value is -2.10. The summed E-state index contributed by atoms with van der Waals surface area (Å²) in [4.78, 5) is 9.10. The predicted molar refractivity (Wildman–Crippen MR) is 82.3 cm³/mol. The lowest BCUT2D eigenvalue weighted by atomic mass is 10.1. The first-order valence-corrected chi connectivity index (χ1v) is 6.81. The quantitative estimate of drug-likeness (QED) is 0.923. The maximum absolute atomic E-state index is 5.64. The second-order valence-electron chi connectivity index (χ2n) is 5.05. The third kappa shape index (κ3) is 3.07. The highest BCUT2D eigenvalue weighted by molar-refractivity contribution is 5.60. The van der Waals surface area contributed by atoms with Crippen molar-refractivity contribution in [1.29, 1.82) is 0 Å². The second kappa shape index (κ2) is 5.90. The maximum atomic E-state index is 5.64. The minimum absolute atomic E-state index is 0.176. The first-order chi connectivity index (χ1) is 9.51. The lowest BCUT2D eigenvalue weighted by Gasteiger charge is -2.11. The first-order valence-electron chi connectivity index (χ1n) is 6.81. The highest BCUT2D eigenvalue weighted by Gasteiger charge is 2.09. The van der Waals surface area contributed by atoms with Crippen LogP contribution in [0.4, 0.5) is 5.82 Å². The molecule has 0 saturated heterocycles. The van der Waals surface area contributed by atoms with E-state index in [0.29, 0.717) is 0 Å². The fraction of sp³-hybridized carbons (Fsp3) is 0.375. The van der Waals surface area contributed by atoms with Gasteiger partial charge in [-0.25, -0.2) is 9.97 Å². The van der Waals surface area contributed by atoms with Crippen molar-refractivity contribution in [2.24, 2.45) is 0 Å². The lowest BCUT2D eigenvalue weighted by Crippen LogP contribution is -2.05. The molecule has 0 aliphatic carbocycles. The molecule has 106 valence electrons. The minimum Gasteiger partial charge on any atom is -0.491 e. The Morgan fingerprint density at radius 3 is 2.25 bits per heavy atom. The summed E-state index contributed by atoms with van der Waals surface area (Å²) in [5, 5.41) is 3.11. The molecule has 1 aromatic heterocycles. The smallest absolute Gasteiger partial charge is 0.161 e. The van der Waals surface area contributed by atoms with Gasteiger partial charge in [-0.3, -0.25) is 0 Å². The summed E-state index contributed by atoms with van der Waals surface area (Å²) in [6.45, 7) is 8.04. The van der Waals surface area contributed by atoms with E-state index in [2.05, 4.69) is 15.3 Å². The summed E-state index contributed by atoms with van der Waals surface area (Å²) >= 11 is 0. The van der Waals surface area contributed by atoms with Crippen LogP contribution >= 0.6 is 0 Å². The molecular weight excluding hydrogens is 250 g/mol. The molecule has 0 bridgehead atoms. The van der Waals surface area contributed by atoms with E-state index in [1.165, 1.54) is 0 Å². The zero-order valence-electron chi connectivity index (χ0n) is 12.7. The zero-order valence-corrected chi connectivity index (χ0v) is 12.7. The van der Waals surface area contributed by atoms with Crippen LogP contribution in [0.3, 0.4) is 0 Å². The Bertz CT molecular complexity index is 591. The molecule has 0 saturated carbocycles. The van der Waals surface area contributed by atoms with Gasteiger partial charge in [0.2, 0.25) is 0 Å². The molecule has 20 heavy (non-hydrogen) atoms. The van der Waals surface area contributed by atoms with Crippen LogP contribution in [0.2, 0.25) is 0 Å². The second-order valence-corrected chi connectivity index (χ2v) is 5.05. The third-order valence-electron chi connectivity index (χ3n) is 3.11. The first kappa shape index (κ1) is 14.3. The number of hydrogen-bond donors (Lipinski definition) is 1. The van der Waals surface area contributed by atoms with E-state index in [1.54, 1.807) is 0 Å². The molecule has 2 aromatic rings. The summed E-state index contributed by atoms with van der Waals surface area (Å²) < 4.78 is 5.64. The Morgan fingerprint density at radius 2 is 1.70 bits per heavy atom. The van der Waals surface area contributed by atoms with Gasteiger partial charge in [-0.05, 0) is 52.0 Å². The zero-order chi connectivity index (χ0) is 14.7. The van der Waals surface area contributed by atoms with Crippen molar-refractivity contribution >= 4 is 5.82 Å². The number of ether oxygens (including phenoxy) is 1.